The van der Waals surface area contributed by atoms with E-state index in [9.17, 15) is 0 Å². The minimum Gasteiger partial charge on any atom is -0.314 e. The third-order valence-electron chi connectivity index (χ3n) is 4.76. The van der Waals surface area contributed by atoms with Crippen LogP contribution >= 0.6 is 0 Å². The summed E-state index contributed by atoms with van der Waals surface area (Å²) >= 11 is 0. The fourth-order valence-electron chi connectivity index (χ4n) is 3.65. The average molecular weight is 277 g/mol. The Bertz CT molecular complexity index is 410. The standard InChI is InChI=1S/C17H31N3/c1-5-15-12-16(20(7-3)19-15)11-14-10-13(4)8-9-17(14)18-6-2/h12-14,17-18H,5-11H2,1-4H3. The number of aromatic nitrogens is 2. The predicted octanol–water partition coefficient (Wildman–Crippen LogP) is 3.42. The zero-order valence-corrected chi connectivity index (χ0v) is 13.7. The van der Waals surface area contributed by atoms with E-state index in [0.717, 1.165) is 31.3 Å². The Morgan fingerprint density at radius 2 is 2.10 bits per heavy atom. The Morgan fingerprint density at radius 1 is 1.30 bits per heavy atom. The molecule has 0 amide bonds. The van der Waals surface area contributed by atoms with Gasteiger partial charge in [0, 0.05) is 18.3 Å². The van der Waals surface area contributed by atoms with Crippen molar-refractivity contribution in [3.8, 4) is 0 Å². The maximum atomic E-state index is 4.70. The van der Waals surface area contributed by atoms with Gasteiger partial charge in [-0.3, -0.25) is 4.68 Å². The summed E-state index contributed by atoms with van der Waals surface area (Å²) in [6, 6.07) is 3.02. The van der Waals surface area contributed by atoms with Gasteiger partial charge in [0.2, 0.25) is 0 Å². The van der Waals surface area contributed by atoms with Crippen molar-refractivity contribution in [3.63, 3.8) is 0 Å². The smallest absolute Gasteiger partial charge is 0.0624 e. The van der Waals surface area contributed by atoms with Crippen LogP contribution in [-0.4, -0.2) is 22.4 Å². The van der Waals surface area contributed by atoms with Crippen molar-refractivity contribution in [3.05, 3.63) is 17.5 Å². The van der Waals surface area contributed by atoms with Gasteiger partial charge in [-0.05, 0) is 63.5 Å². The van der Waals surface area contributed by atoms with Crippen molar-refractivity contribution < 1.29 is 0 Å². The quantitative estimate of drug-likeness (QED) is 0.863. The first-order valence-electron chi connectivity index (χ1n) is 8.46. The monoisotopic (exact) mass is 277 g/mol. The van der Waals surface area contributed by atoms with E-state index in [0.29, 0.717) is 6.04 Å². The fourth-order valence-corrected chi connectivity index (χ4v) is 3.65. The van der Waals surface area contributed by atoms with Crippen molar-refractivity contribution in [1.29, 1.82) is 0 Å². The molecule has 114 valence electrons. The first-order chi connectivity index (χ1) is 9.67. The van der Waals surface area contributed by atoms with Gasteiger partial charge >= 0.3 is 0 Å². The van der Waals surface area contributed by atoms with E-state index in [1.54, 1.807) is 0 Å². The van der Waals surface area contributed by atoms with Crippen LogP contribution < -0.4 is 5.32 Å². The molecular weight excluding hydrogens is 246 g/mol. The first kappa shape index (κ1) is 15.6. The lowest BCUT2D eigenvalue weighted by Gasteiger charge is -2.35. The van der Waals surface area contributed by atoms with Gasteiger partial charge < -0.3 is 5.32 Å². The molecule has 0 aliphatic heterocycles. The molecule has 1 heterocycles. The van der Waals surface area contributed by atoms with Crippen LogP contribution in [0.1, 0.15) is 58.3 Å². The molecule has 1 aliphatic carbocycles. The highest BCUT2D eigenvalue weighted by molar-refractivity contribution is 5.12. The van der Waals surface area contributed by atoms with E-state index < -0.39 is 0 Å². The highest BCUT2D eigenvalue weighted by Crippen LogP contribution is 2.31. The second kappa shape index (κ2) is 7.26. The molecule has 0 spiro atoms. The Kier molecular flexibility index (Phi) is 5.64. The molecule has 1 aromatic rings. The van der Waals surface area contributed by atoms with Gasteiger partial charge in [0.25, 0.3) is 0 Å². The maximum Gasteiger partial charge on any atom is 0.0624 e. The molecule has 20 heavy (non-hydrogen) atoms. The van der Waals surface area contributed by atoms with Crippen LogP contribution in [0.15, 0.2) is 6.07 Å². The number of rotatable bonds is 6. The summed E-state index contributed by atoms with van der Waals surface area (Å²) in [7, 11) is 0. The van der Waals surface area contributed by atoms with Gasteiger partial charge in [0.1, 0.15) is 0 Å². The minimum absolute atomic E-state index is 0.696. The average Bonchev–Trinajstić information content (AvgIpc) is 2.84. The highest BCUT2D eigenvalue weighted by atomic mass is 15.3. The van der Waals surface area contributed by atoms with E-state index in [2.05, 4.69) is 43.8 Å². The van der Waals surface area contributed by atoms with Crippen LogP contribution in [-0.2, 0) is 19.4 Å². The molecule has 0 bridgehead atoms. The molecule has 1 aliphatic rings. The van der Waals surface area contributed by atoms with E-state index in [-0.39, 0.29) is 0 Å². The summed E-state index contributed by atoms with van der Waals surface area (Å²) in [6.45, 7) is 11.1. The normalized spacial score (nSPS) is 26.9. The van der Waals surface area contributed by atoms with Gasteiger partial charge in [0.15, 0.2) is 0 Å². The van der Waals surface area contributed by atoms with Crippen molar-refractivity contribution in [2.45, 2.75) is 72.4 Å². The summed E-state index contributed by atoms with van der Waals surface area (Å²) in [6.07, 6.45) is 6.29. The first-order valence-corrected chi connectivity index (χ1v) is 8.46. The van der Waals surface area contributed by atoms with Crippen molar-refractivity contribution in [1.82, 2.24) is 15.1 Å². The van der Waals surface area contributed by atoms with Crippen LogP contribution in [0, 0.1) is 11.8 Å². The summed E-state index contributed by atoms with van der Waals surface area (Å²) in [5.41, 5.74) is 2.68. The molecule has 2 rings (SSSR count). The summed E-state index contributed by atoms with van der Waals surface area (Å²) in [5.74, 6) is 1.64. The molecule has 1 fully saturated rings. The minimum atomic E-state index is 0.696. The molecule has 0 aromatic carbocycles. The molecule has 0 radical (unpaired) electrons. The zero-order valence-electron chi connectivity index (χ0n) is 13.7. The van der Waals surface area contributed by atoms with Crippen molar-refractivity contribution in [2.75, 3.05) is 6.54 Å². The molecule has 1 aromatic heterocycles. The lowest BCUT2D eigenvalue weighted by Crippen LogP contribution is -2.41. The van der Waals surface area contributed by atoms with Crippen molar-refractivity contribution in [2.24, 2.45) is 11.8 Å². The van der Waals surface area contributed by atoms with Gasteiger partial charge in [0.05, 0.1) is 5.69 Å². The Labute approximate surface area is 124 Å². The number of nitrogens with zero attached hydrogens (tertiary/aromatic N) is 2. The largest absolute Gasteiger partial charge is 0.314 e. The van der Waals surface area contributed by atoms with Gasteiger partial charge in [-0.25, -0.2) is 0 Å². The molecule has 3 atom stereocenters. The second-order valence-electron chi connectivity index (χ2n) is 6.34. The van der Waals surface area contributed by atoms with Gasteiger partial charge in [-0.2, -0.15) is 5.10 Å². The Morgan fingerprint density at radius 3 is 2.75 bits per heavy atom. The Hall–Kier alpha value is -0.830. The van der Waals surface area contributed by atoms with E-state index in [4.69, 9.17) is 5.10 Å². The van der Waals surface area contributed by atoms with Crippen LogP contribution in [0.2, 0.25) is 0 Å². The maximum absolute atomic E-state index is 4.70. The molecule has 3 nitrogen and oxygen atoms in total. The molecule has 0 saturated heterocycles. The van der Waals surface area contributed by atoms with Gasteiger partial charge in [-0.1, -0.05) is 20.8 Å². The highest BCUT2D eigenvalue weighted by Gasteiger charge is 2.29. The van der Waals surface area contributed by atoms with Gasteiger partial charge in [-0.15, -0.1) is 0 Å². The molecule has 1 saturated carbocycles. The molecule has 3 heteroatoms. The Balaban J connectivity index is 2.10. The third kappa shape index (κ3) is 3.63. The number of nitrogens with one attached hydrogen (secondary N) is 1. The summed E-state index contributed by atoms with van der Waals surface area (Å²) < 4.78 is 2.21. The van der Waals surface area contributed by atoms with Crippen LogP contribution in [0.3, 0.4) is 0 Å². The molecular formula is C17H31N3. The van der Waals surface area contributed by atoms with E-state index in [1.807, 2.05) is 0 Å². The topological polar surface area (TPSA) is 29.9 Å². The fraction of sp³-hybridized carbons (Fsp3) is 0.824. The predicted molar refractivity (Wildman–Crippen MR) is 85.0 cm³/mol. The molecule has 3 unspecified atom stereocenters. The lowest BCUT2D eigenvalue weighted by atomic mass is 9.76. The summed E-state index contributed by atoms with van der Waals surface area (Å²) in [5, 5.41) is 8.40. The number of hydrogen-bond donors (Lipinski definition) is 1. The molecule has 1 N–H and O–H groups in total. The third-order valence-corrected chi connectivity index (χ3v) is 4.76. The summed E-state index contributed by atoms with van der Waals surface area (Å²) in [4.78, 5) is 0. The van der Waals surface area contributed by atoms with Crippen LogP contribution in [0.4, 0.5) is 0 Å². The van der Waals surface area contributed by atoms with E-state index in [1.165, 1.54) is 37.1 Å². The van der Waals surface area contributed by atoms with Crippen LogP contribution in [0.5, 0.6) is 0 Å². The second-order valence-corrected chi connectivity index (χ2v) is 6.34. The number of aryl methyl sites for hydroxylation is 2. The SMILES string of the molecule is CCNC1CCC(C)CC1Cc1cc(CC)nn1CC. The van der Waals surface area contributed by atoms with Crippen LogP contribution in [0.25, 0.3) is 0 Å². The number of hydrogen-bond acceptors (Lipinski definition) is 2. The van der Waals surface area contributed by atoms with E-state index >= 15 is 0 Å². The lowest BCUT2D eigenvalue weighted by molar-refractivity contribution is 0.211. The zero-order chi connectivity index (χ0) is 14.5. The van der Waals surface area contributed by atoms with Crippen molar-refractivity contribution >= 4 is 0 Å².